The van der Waals surface area contributed by atoms with Crippen LogP contribution in [0.4, 0.5) is 0 Å². The van der Waals surface area contributed by atoms with Crippen molar-refractivity contribution in [3.63, 3.8) is 0 Å². The van der Waals surface area contributed by atoms with E-state index in [9.17, 15) is 4.79 Å². The Hall–Kier alpha value is -1.39. The van der Waals surface area contributed by atoms with Crippen molar-refractivity contribution in [2.24, 2.45) is 4.99 Å². The number of rotatable bonds is 9. The number of aromatic nitrogens is 3. The van der Waals surface area contributed by atoms with Crippen molar-refractivity contribution >= 4 is 35.8 Å². The Morgan fingerprint density at radius 1 is 1.29 bits per heavy atom. The summed E-state index contributed by atoms with van der Waals surface area (Å²) in [6.07, 6.45) is 10.3. The third-order valence-electron chi connectivity index (χ3n) is 5.38. The second-order valence-electron chi connectivity index (χ2n) is 7.41. The highest BCUT2D eigenvalue weighted by molar-refractivity contribution is 14.0. The number of hydrogen-bond acceptors (Lipinski definition) is 4. The summed E-state index contributed by atoms with van der Waals surface area (Å²) >= 11 is 0. The number of carbonyl (C=O) groups is 1. The predicted molar refractivity (Wildman–Crippen MR) is 121 cm³/mol. The lowest BCUT2D eigenvalue weighted by Crippen LogP contribution is -2.43. The summed E-state index contributed by atoms with van der Waals surface area (Å²) < 4.78 is 2.08. The Bertz CT molecular complexity index is 628. The Kier molecular flexibility index (Phi) is 10.0. The number of hydrogen-bond donors (Lipinski definition) is 2. The topological polar surface area (TPSA) is 87.4 Å². The fourth-order valence-electron chi connectivity index (χ4n) is 3.84. The van der Waals surface area contributed by atoms with Gasteiger partial charge in [-0.3, -0.25) is 9.79 Å². The van der Waals surface area contributed by atoms with Gasteiger partial charge in [-0.15, -0.1) is 34.2 Å². The van der Waals surface area contributed by atoms with Crippen molar-refractivity contribution in [2.45, 2.75) is 70.9 Å². The SMILES string of the molecule is CCc1nncn1CCNC(=NCCCN1CCCC1=O)NC1CCCC1.I. The Morgan fingerprint density at radius 3 is 2.82 bits per heavy atom. The lowest BCUT2D eigenvalue weighted by atomic mass is 10.2. The van der Waals surface area contributed by atoms with Crippen LogP contribution in [0.25, 0.3) is 0 Å². The number of carbonyl (C=O) groups excluding carboxylic acids is 1. The van der Waals surface area contributed by atoms with Gasteiger partial charge in [-0.25, -0.2) is 0 Å². The minimum absolute atomic E-state index is 0. The maximum Gasteiger partial charge on any atom is 0.222 e. The lowest BCUT2D eigenvalue weighted by molar-refractivity contribution is -0.127. The summed E-state index contributed by atoms with van der Waals surface area (Å²) in [4.78, 5) is 18.4. The van der Waals surface area contributed by atoms with Crippen LogP contribution in [-0.2, 0) is 17.8 Å². The molecule has 2 aliphatic rings. The van der Waals surface area contributed by atoms with Crippen LogP contribution in [0.2, 0.25) is 0 Å². The zero-order valence-corrected chi connectivity index (χ0v) is 19.2. The summed E-state index contributed by atoms with van der Waals surface area (Å²) in [5, 5.41) is 15.1. The first-order valence-corrected chi connectivity index (χ1v) is 10.5. The number of aliphatic imine (C=N–C) groups is 1. The third kappa shape index (κ3) is 6.89. The molecule has 1 saturated carbocycles. The van der Waals surface area contributed by atoms with E-state index >= 15 is 0 Å². The van der Waals surface area contributed by atoms with Crippen LogP contribution in [0.3, 0.4) is 0 Å². The van der Waals surface area contributed by atoms with E-state index in [2.05, 4.69) is 32.3 Å². The normalized spacial score (nSPS) is 17.8. The van der Waals surface area contributed by atoms with E-state index < -0.39 is 0 Å². The van der Waals surface area contributed by atoms with E-state index in [-0.39, 0.29) is 24.0 Å². The smallest absolute Gasteiger partial charge is 0.222 e. The molecule has 158 valence electrons. The molecule has 2 heterocycles. The molecule has 0 bridgehead atoms. The van der Waals surface area contributed by atoms with Crippen LogP contribution in [0.1, 0.15) is 57.7 Å². The maximum atomic E-state index is 11.7. The van der Waals surface area contributed by atoms with E-state index in [4.69, 9.17) is 4.99 Å². The van der Waals surface area contributed by atoms with Crippen LogP contribution in [-0.4, -0.2) is 63.8 Å². The molecule has 28 heavy (non-hydrogen) atoms. The van der Waals surface area contributed by atoms with Gasteiger partial charge in [0.25, 0.3) is 0 Å². The zero-order valence-electron chi connectivity index (χ0n) is 16.9. The quantitative estimate of drug-likeness (QED) is 0.233. The molecule has 1 aliphatic carbocycles. The van der Waals surface area contributed by atoms with Gasteiger partial charge in [-0.05, 0) is 25.7 Å². The molecular weight excluding hydrogens is 469 g/mol. The van der Waals surface area contributed by atoms with Gasteiger partial charge in [0.15, 0.2) is 5.96 Å². The Labute approximate surface area is 185 Å². The Morgan fingerprint density at radius 2 is 2.11 bits per heavy atom. The molecular formula is C19H34IN7O. The minimum atomic E-state index is 0. The van der Waals surface area contributed by atoms with E-state index in [1.165, 1.54) is 25.7 Å². The van der Waals surface area contributed by atoms with Gasteiger partial charge >= 0.3 is 0 Å². The molecule has 1 aromatic rings. The maximum absolute atomic E-state index is 11.7. The fourth-order valence-corrected chi connectivity index (χ4v) is 3.84. The molecule has 0 aromatic carbocycles. The summed E-state index contributed by atoms with van der Waals surface area (Å²) in [5.74, 6) is 2.19. The molecule has 2 N–H and O–H groups in total. The molecule has 0 radical (unpaired) electrons. The molecule has 8 nitrogen and oxygen atoms in total. The number of likely N-dealkylation sites (tertiary alicyclic amines) is 1. The average Bonchev–Trinajstić information content (AvgIpc) is 3.41. The summed E-state index contributed by atoms with van der Waals surface area (Å²) in [7, 11) is 0. The fraction of sp³-hybridized carbons (Fsp3) is 0.789. The highest BCUT2D eigenvalue weighted by Crippen LogP contribution is 2.17. The van der Waals surface area contributed by atoms with E-state index in [1.807, 2.05) is 4.90 Å². The van der Waals surface area contributed by atoms with E-state index in [1.54, 1.807) is 6.33 Å². The highest BCUT2D eigenvalue weighted by atomic mass is 127. The molecule has 2 fully saturated rings. The molecule has 1 aromatic heterocycles. The predicted octanol–water partition coefficient (Wildman–Crippen LogP) is 1.95. The first-order chi connectivity index (χ1) is 13.3. The minimum Gasteiger partial charge on any atom is -0.355 e. The van der Waals surface area contributed by atoms with Crippen molar-refractivity contribution in [2.75, 3.05) is 26.2 Å². The standard InChI is InChI=1S/C19H33N7O.HI/c1-2-17-24-22-15-26(17)14-11-21-19(23-16-7-3-4-8-16)20-10-6-13-25-12-5-9-18(25)27;/h15-16H,2-14H2,1H3,(H2,20,21,23);1H. The number of halogens is 1. The van der Waals surface area contributed by atoms with Crippen LogP contribution in [0.5, 0.6) is 0 Å². The van der Waals surface area contributed by atoms with Crippen molar-refractivity contribution < 1.29 is 4.79 Å². The number of amides is 1. The van der Waals surface area contributed by atoms with E-state index in [0.29, 0.717) is 18.4 Å². The van der Waals surface area contributed by atoms with E-state index in [0.717, 1.165) is 63.8 Å². The second kappa shape index (κ2) is 12.2. The van der Waals surface area contributed by atoms with Gasteiger partial charge in [0.2, 0.25) is 5.91 Å². The van der Waals surface area contributed by atoms with Gasteiger partial charge in [0, 0.05) is 51.6 Å². The largest absolute Gasteiger partial charge is 0.355 e. The van der Waals surface area contributed by atoms with Gasteiger partial charge < -0.3 is 20.1 Å². The average molecular weight is 503 g/mol. The molecule has 3 rings (SSSR count). The van der Waals surface area contributed by atoms with Gasteiger partial charge in [0.1, 0.15) is 12.2 Å². The molecule has 0 spiro atoms. The molecule has 0 atom stereocenters. The van der Waals surface area contributed by atoms with Crippen molar-refractivity contribution in [1.82, 2.24) is 30.3 Å². The molecule has 1 amide bonds. The first-order valence-electron chi connectivity index (χ1n) is 10.5. The lowest BCUT2D eigenvalue weighted by Gasteiger charge is -2.18. The summed E-state index contributed by atoms with van der Waals surface area (Å²) in [6, 6.07) is 0.525. The van der Waals surface area contributed by atoms with Crippen LogP contribution in [0.15, 0.2) is 11.3 Å². The summed E-state index contributed by atoms with van der Waals surface area (Å²) in [6.45, 7) is 6.16. The number of nitrogens with one attached hydrogen (secondary N) is 2. The van der Waals surface area contributed by atoms with Crippen molar-refractivity contribution in [3.05, 3.63) is 12.2 Å². The number of aryl methyl sites for hydroxylation is 1. The first kappa shape index (κ1) is 22.9. The van der Waals surface area contributed by atoms with Crippen LogP contribution in [0, 0.1) is 0 Å². The number of nitrogens with zero attached hydrogens (tertiary/aromatic N) is 5. The van der Waals surface area contributed by atoms with Gasteiger partial charge in [-0.2, -0.15) is 0 Å². The Balaban J connectivity index is 0.00000280. The molecule has 9 heteroatoms. The van der Waals surface area contributed by atoms with Gasteiger partial charge in [-0.1, -0.05) is 19.8 Å². The van der Waals surface area contributed by atoms with Crippen LogP contribution >= 0.6 is 24.0 Å². The summed E-state index contributed by atoms with van der Waals surface area (Å²) in [5.41, 5.74) is 0. The monoisotopic (exact) mass is 503 g/mol. The molecule has 0 unspecified atom stereocenters. The highest BCUT2D eigenvalue weighted by Gasteiger charge is 2.19. The van der Waals surface area contributed by atoms with Crippen molar-refractivity contribution in [1.29, 1.82) is 0 Å². The zero-order chi connectivity index (χ0) is 18.9. The van der Waals surface area contributed by atoms with Crippen LogP contribution < -0.4 is 10.6 Å². The second-order valence-corrected chi connectivity index (χ2v) is 7.41. The van der Waals surface area contributed by atoms with Crippen molar-refractivity contribution in [3.8, 4) is 0 Å². The number of guanidine groups is 1. The molecule has 1 aliphatic heterocycles. The molecule has 1 saturated heterocycles. The van der Waals surface area contributed by atoms with Gasteiger partial charge in [0.05, 0.1) is 0 Å². The third-order valence-corrected chi connectivity index (χ3v) is 5.38.